The van der Waals surface area contributed by atoms with Crippen LogP contribution in [0.3, 0.4) is 0 Å². The van der Waals surface area contributed by atoms with Gasteiger partial charge in [-0.2, -0.15) is 13.2 Å². The number of rotatable bonds is 2. The highest BCUT2D eigenvalue weighted by Gasteiger charge is 2.30. The molecule has 0 spiro atoms. The van der Waals surface area contributed by atoms with Crippen LogP contribution in [0.15, 0.2) is 64.5 Å². The number of thioether (sulfide) groups is 1. The molecule has 7 heteroatoms. The molecule has 1 heterocycles. The highest BCUT2D eigenvalue weighted by atomic mass is 32.2. The molecule has 1 saturated heterocycles. The Kier molecular flexibility index (Phi) is 4.44. The van der Waals surface area contributed by atoms with Crippen LogP contribution in [0.2, 0.25) is 0 Å². The second-order valence-corrected chi connectivity index (χ2v) is 5.97. The third kappa shape index (κ3) is 3.86. The van der Waals surface area contributed by atoms with Crippen LogP contribution in [-0.4, -0.2) is 11.1 Å². The van der Waals surface area contributed by atoms with Gasteiger partial charge in [-0.25, -0.2) is 4.99 Å². The van der Waals surface area contributed by atoms with E-state index in [4.69, 9.17) is 0 Å². The molecule has 1 aliphatic heterocycles. The Balaban J connectivity index is 1.84. The molecule has 0 atom stereocenters. The summed E-state index contributed by atoms with van der Waals surface area (Å²) in [5.41, 5.74) is 0.238. The van der Waals surface area contributed by atoms with Gasteiger partial charge in [0.05, 0.1) is 16.2 Å². The number of hydrogen-bond acceptors (Lipinski definition) is 3. The van der Waals surface area contributed by atoms with E-state index in [1.165, 1.54) is 18.2 Å². The smallest absolute Gasteiger partial charge is 0.300 e. The Morgan fingerprint density at radius 3 is 2.50 bits per heavy atom. The van der Waals surface area contributed by atoms with Crippen molar-refractivity contribution in [2.75, 3.05) is 0 Å². The van der Waals surface area contributed by atoms with E-state index in [-0.39, 0.29) is 5.91 Å². The third-order valence-electron chi connectivity index (χ3n) is 3.15. The molecule has 0 aromatic heterocycles. The van der Waals surface area contributed by atoms with Gasteiger partial charge in [0.25, 0.3) is 5.91 Å². The van der Waals surface area contributed by atoms with Crippen molar-refractivity contribution in [1.29, 1.82) is 0 Å². The first-order valence-corrected chi connectivity index (χ1v) is 7.75. The third-order valence-corrected chi connectivity index (χ3v) is 4.06. The van der Waals surface area contributed by atoms with Gasteiger partial charge in [-0.3, -0.25) is 4.79 Å². The largest absolute Gasteiger partial charge is 0.416 e. The van der Waals surface area contributed by atoms with Gasteiger partial charge in [-0.15, -0.1) is 0 Å². The summed E-state index contributed by atoms with van der Waals surface area (Å²) < 4.78 is 38.2. The standard InChI is InChI=1S/C17H11F3N2OS/c18-17(19,20)12-6-4-5-11(9-12)10-14-15(23)22-16(24-14)21-13-7-2-1-3-8-13/h1-10H,(H,21,22,23). The molecule has 1 fully saturated rings. The number of halogens is 3. The molecule has 122 valence electrons. The van der Waals surface area contributed by atoms with Gasteiger partial charge in [-0.1, -0.05) is 30.3 Å². The number of nitrogens with zero attached hydrogens (tertiary/aromatic N) is 1. The number of alkyl halides is 3. The van der Waals surface area contributed by atoms with Crippen LogP contribution < -0.4 is 5.32 Å². The predicted octanol–water partition coefficient (Wildman–Crippen LogP) is 4.60. The summed E-state index contributed by atoms with van der Waals surface area (Å²) in [6.07, 6.45) is -3.00. The van der Waals surface area contributed by atoms with Crippen LogP contribution >= 0.6 is 11.8 Å². The number of amidine groups is 1. The lowest BCUT2D eigenvalue weighted by molar-refractivity contribution is -0.137. The van der Waals surface area contributed by atoms with E-state index in [0.717, 1.165) is 23.9 Å². The number of amides is 1. The molecule has 24 heavy (non-hydrogen) atoms. The number of carbonyl (C=O) groups excluding carboxylic acids is 1. The quantitative estimate of drug-likeness (QED) is 0.806. The van der Waals surface area contributed by atoms with Gasteiger partial charge in [0, 0.05) is 0 Å². The molecule has 1 aliphatic rings. The fourth-order valence-corrected chi connectivity index (χ4v) is 2.90. The number of nitrogens with one attached hydrogen (secondary N) is 1. The maximum absolute atomic E-state index is 12.7. The molecular weight excluding hydrogens is 337 g/mol. The number of benzene rings is 2. The molecule has 0 saturated carbocycles. The van der Waals surface area contributed by atoms with Crippen molar-refractivity contribution in [3.8, 4) is 0 Å². The summed E-state index contributed by atoms with van der Waals surface area (Å²) in [5.74, 6) is -0.382. The normalized spacial score (nSPS) is 18.2. The van der Waals surface area contributed by atoms with Crippen molar-refractivity contribution in [2.45, 2.75) is 6.18 Å². The molecule has 3 nitrogen and oxygen atoms in total. The Hall–Kier alpha value is -2.54. The molecular formula is C17H11F3N2OS. The van der Waals surface area contributed by atoms with Crippen LogP contribution in [0, 0.1) is 0 Å². The van der Waals surface area contributed by atoms with Crippen molar-refractivity contribution in [1.82, 2.24) is 5.32 Å². The molecule has 1 amide bonds. The first-order chi connectivity index (χ1) is 11.4. The zero-order valence-electron chi connectivity index (χ0n) is 12.2. The lowest BCUT2D eigenvalue weighted by Gasteiger charge is -2.06. The van der Waals surface area contributed by atoms with Crippen LogP contribution in [0.1, 0.15) is 11.1 Å². The minimum absolute atomic E-state index is 0.295. The summed E-state index contributed by atoms with van der Waals surface area (Å²) in [6.45, 7) is 0. The lowest BCUT2D eigenvalue weighted by atomic mass is 10.1. The first kappa shape index (κ1) is 16.3. The van der Waals surface area contributed by atoms with Crippen LogP contribution in [-0.2, 0) is 11.0 Å². The van der Waals surface area contributed by atoms with Gasteiger partial charge < -0.3 is 5.32 Å². The molecule has 0 unspecified atom stereocenters. The van der Waals surface area contributed by atoms with Gasteiger partial charge in [0.2, 0.25) is 0 Å². The van der Waals surface area contributed by atoms with E-state index in [1.54, 1.807) is 12.1 Å². The van der Waals surface area contributed by atoms with Crippen molar-refractivity contribution in [3.05, 3.63) is 70.6 Å². The van der Waals surface area contributed by atoms with E-state index in [1.807, 2.05) is 18.2 Å². The van der Waals surface area contributed by atoms with Crippen molar-refractivity contribution < 1.29 is 18.0 Å². The second kappa shape index (κ2) is 6.52. The lowest BCUT2D eigenvalue weighted by Crippen LogP contribution is -2.19. The highest BCUT2D eigenvalue weighted by Crippen LogP contribution is 2.32. The molecule has 0 aliphatic carbocycles. The molecule has 2 aromatic carbocycles. The first-order valence-electron chi connectivity index (χ1n) is 6.94. The number of aliphatic imine (C=N–C) groups is 1. The van der Waals surface area contributed by atoms with Crippen molar-refractivity contribution in [3.63, 3.8) is 0 Å². The topological polar surface area (TPSA) is 41.5 Å². The summed E-state index contributed by atoms with van der Waals surface area (Å²) in [5, 5.41) is 2.99. The zero-order chi connectivity index (χ0) is 17.2. The molecule has 0 radical (unpaired) electrons. The van der Waals surface area contributed by atoms with E-state index in [9.17, 15) is 18.0 Å². The fourth-order valence-electron chi connectivity index (χ4n) is 2.06. The van der Waals surface area contributed by atoms with Gasteiger partial charge in [0.15, 0.2) is 5.17 Å². The van der Waals surface area contributed by atoms with Crippen LogP contribution in [0.5, 0.6) is 0 Å². The van der Waals surface area contributed by atoms with E-state index in [2.05, 4.69) is 10.3 Å². The molecule has 1 N–H and O–H groups in total. The zero-order valence-corrected chi connectivity index (χ0v) is 13.0. The monoisotopic (exact) mass is 348 g/mol. The van der Waals surface area contributed by atoms with Crippen molar-refractivity contribution >= 4 is 34.6 Å². The summed E-state index contributed by atoms with van der Waals surface area (Å²) >= 11 is 1.09. The minimum atomic E-state index is -4.42. The Labute approximate surface area is 140 Å². The number of hydrogen-bond donors (Lipinski definition) is 1. The maximum Gasteiger partial charge on any atom is 0.416 e. The average Bonchev–Trinajstić information content (AvgIpc) is 2.87. The predicted molar refractivity (Wildman–Crippen MR) is 88.7 cm³/mol. The second-order valence-electron chi connectivity index (χ2n) is 4.94. The van der Waals surface area contributed by atoms with E-state index >= 15 is 0 Å². The van der Waals surface area contributed by atoms with Gasteiger partial charge in [0.1, 0.15) is 0 Å². The molecule has 2 aromatic rings. The molecule has 3 rings (SSSR count). The van der Waals surface area contributed by atoms with E-state index in [0.29, 0.717) is 21.3 Å². The SMILES string of the molecule is O=C1NC(=Nc2ccccc2)SC1=Cc1cccc(C(F)(F)F)c1. The molecule has 0 bridgehead atoms. The summed E-state index contributed by atoms with van der Waals surface area (Å²) in [6, 6.07) is 13.9. The maximum atomic E-state index is 12.7. The van der Waals surface area contributed by atoms with Crippen molar-refractivity contribution in [2.24, 2.45) is 4.99 Å². The average molecular weight is 348 g/mol. The van der Waals surface area contributed by atoms with Crippen LogP contribution in [0.4, 0.5) is 18.9 Å². The minimum Gasteiger partial charge on any atom is -0.300 e. The Bertz CT molecular complexity index is 829. The highest BCUT2D eigenvalue weighted by molar-refractivity contribution is 8.18. The van der Waals surface area contributed by atoms with Gasteiger partial charge >= 0.3 is 6.18 Å². The Morgan fingerprint density at radius 1 is 1.04 bits per heavy atom. The number of para-hydroxylation sites is 1. The van der Waals surface area contributed by atoms with E-state index < -0.39 is 11.7 Å². The fraction of sp³-hybridized carbons (Fsp3) is 0.0588. The number of carbonyl (C=O) groups is 1. The van der Waals surface area contributed by atoms with Crippen LogP contribution in [0.25, 0.3) is 6.08 Å². The summed E-state index contributed by atoms with van der Waals surface area (Å²) in [7, 11) is 0. The summed E-state index contributed by atoms with van der Waals surface area (Å²) in [4.78, 5) is 16.5. The van der Waals surface area contributed by atoms with Gasteiger partial charge in [-0.05, 0) is 47.7 Å². The Morgan fingerprint density at radius 2 is 1.79 bits per heavy atom.